The van der Waals surface area contributed by atoms with Crippen LogP contribution < -0.4 is 5.32 Å². The Bertz CT molecular complexity index is 128. The predicted molar refractivity (Wildman–Crippen MR) is 46.7 cm³/mol. The van der Waals surface area contributed by atoms with Crippen LogP contribution >= 0.6 is 0 Å². The summed E-state index contributed by atoms with van der Waals surface area (Å²) >= 11 is 0. The van der Waals surface area contributed by atoms with Gasteiger partial charge in [-0.1, -0.05) is 0 Å². The van der Waals surface area contributed by atoms with E-state index >= 15 is 0 Å². The van der Waals surface area contributed by atoms with Crippen LogP contribution in [0.25, 0.3) is 0 Å². The molecular weight excluding hydrogens is 136 g/mol. The SMILES string of the molecule is CC(C)N1C2CCC1CNC2. The second-order valence-corrected chi connectivity index (χ2v) is 4.08. The lowest BCUT2D eigenvalue weighted by atomic mass is 10.1. The fourth-order valence-corrected chi connectivity index (χ4v) is 2.66. The van der Waals surface area contributed by atoms with Crippen LogP contribution in [0.5, 0.6) is 0 Å². The Labute approximate surface area is 69.0 Å². The number of rotatable bonds is 1. The van der Waals surface area contributed by atoms with E-state index in [1.54, 1.807) is 0 Å². The van der Waals surface area contributed by atoms with Gasteiger partial charge in [0, 0.05) is 31.2 Å². The molecule has 2 saturated heterocycles. The number of hydrogen-bond donors (Lipinski definition) is 1. The Balaban J connectivity index is 2.09. The molecule has 2 rings (SSSR count). The Morgan fingerprint density at radius 1 is 1.18 bits per heavy atom. The van der Waals surface area contributed by atoms with Crippen LogP contribution in [0.2, 0.25) is 0 Å². The monoisotopic (exact) mass is 154 g/mol. The number of hydrogen-bond acceptors (Lipinski definition) is 2. The summed E-state index contributed by atoms with van der Waals surface area (Å²) in [4.78, 5) is 2.69. The number of nitrogens with zero attached hydrogens (tertiary/aromatic N) is 1. The van der Waals surface area contributed by atoms with Crippen molar-refractivity contribution in [3.05, 3.63) is 0 Å². The Hall–Kier alpha value is -0.0800. The number of fused-ring (bicyclic) bond motifs is 2. The Morgan fingerprint density at radius 3 is 2.09 bits per heavy atom. The normalized spacial score (nSPS) is 38.5. The summed E-state index contributed by atoms with van der Waals surface area (Å²) < 4.78 is 0. The fourth-order valence-electron chi connectivity index (χ4n) is 2.66. The number of nitrogens with one attached hydrogen (secondary N) is 1. The van der Waals surface area contributed by atoms with Gasteiger partial charge in [0.2, 0.25) is 0 Å². The van der Waals surface area contributed by atoms with Gasteiger partial charge >= 0.3 is 0 Å². The van der Waals surface area contributed by atoms with Crippen molar-refractivity contribution in [3.8, 4) is 0 Å². The summed E-state index contributed by atoms with van der Waals surface area (Å²) in [6.07, 6.45) is 2.83. The molecule has 2 aliphatic rings. The second kappa shape index (κ2) is 2.76. The molecule has 0 saturated carbocycles. The first-order valence-electron chi connectivity index (χ1n) is 4.77. The molecule has 2 heterocycles. The van der Waals surface area contributed by atoms with Crippen LogP contribution in [0.4, 0.5) is 0 Å². The molecule has 1 N–H and O–H groups in total. The minimum Gasteiger partial charge on any atom is -0.314 e. The zero-order valence-corrected chi connectivity index (χ0v) is 7.51. The summed E-state index contributed by atoms with van der Waals surface area (Å²) in [6, 6.07) is 2.43. The van der Waals surface area contributed by atoms with Crippen molar-refractivity contribution in [2.45, 2.75) is 44.8 Å². The number of piperazine rings is 1. The third-order valence-electron chi connectivity index (χ3n) is 3.03. The Morgan fingerprint density at radius 2 is 1.73 bits per heavy atom. The van der Waals surface area contributed by atoms with E-state index in [1.807, 2.05) is 0 Å². The smallest absolute Gasteiger partial charge is 0.0227 e. The maximum absolute atomic E-state index is 3.49. The van der Waals surface area contributed by atoms with E-state index in [0.717, 1.165) is 18.1 Å². The van der Waals surface area contributed by atoms with Gasteiger partial charge in [0.05, 0.1) is 0 Å². The van der Waals surface area contributed by atoms with Gasteiger partial charge < -0.3 is 5.32 Å². The average molecular weight is 154 g/mol. The van der Waals surface area contributed by atoms with Gasteiger partial charge in [0.1, 0.15) is 0 Å². The lowest BCUT2D eigenvalue weighted by Gasteiger charge is -2.38. The van der Waals surface area contributed by atoms with Gasteiger partial charge in [0.15, 0.2) is 0 Å². The van der Waals surface area contributed by atoms with Crippen molar-refractivity contribution in [1.29, 1.82) is 0 Å². The van der Waals surface area contributed by atoms with E-state index in [-0.39, 0.29) is 0 Å². The molecule has 0 aliphatic carbocycles. The Kier molecular flexibility index (Phi) is 1.90. The quantitative estimate of drug-likeness (QED) is 0.602. The van der Waals surface area contributed by atoms with Gasteiger partial charge in [-0.2, -0.15) is 0 Å². The molecule has 2 heteroatoms. The molecule has 2 atom stereocenters. The van der Waals surface area contributed by atoms with Crippen molar-refractivity contribution in [1.82, 2.24) is 10.2 Å². The predicted octanol–water partition coefficient (Wildman–Crippen LogP) is 0.831. The van der Waals surface area contributed by atoms with Crippen molar-refractivity contribution >= 4 is 0 Å². The fraction of sp³-hybridized carbons (Fsp3) is 1.00. The molecule has 2 aliphatic heterocycles. The first-order chi connectivity index (χ1) is 5.29. The van der Waals surface area contributed by atoms with E-state index in [2.05, 4.69) is 24.1 Å². The first-order valence-corrected chi connectivity index (χ1v) is 4.77. The van der Waals surface area contributed by atoms with E-state index < -0.39 is 0 Å². The van der Waals surface area contributed by atoms with Crippen molar-refractivity contribution in [2.24, 2.45) is 0 Å². The maximum Gasteiger partial charge on any atom is 0.0227 e. The maximum atomic E-state index is 3.49. The molecule has 0 radical (unpaired) electrons. The minimum atomic E-state index is 0.745. The van der Waals surface area contributed by atoms with E-state index in [1.165, 1.54) is 25.9 Å². The molecule has 64 valence electrons. The summed E-state index contributed by atoms with van der Waals surface area (Å²) in [6.45, 7) is 7.07. The molecule has 2 nitrogen and oxygen atoms in total. The van der Waals surface area contributed by atoms with Crippen LogP contribution in [-0.4, -0.2) is 36.1 Å². The van der Waals surface area contributed by atoms with E-state index in [4.69, 9.17) is 0 Å². The summed E-state index contributed by atoms with van der Waals surface area (Å²) in [5.74, 6) is 0. The largest absolute Gasteiger partial charge is 0.314 e. The van der Waals surface area contributed by atoms with Crippen LogP contribution in [0.1, 0.15) is 26.7 Å². The summed E-state index contributed by atoms with van der Waals surface area (Å²) in [5, 5.41) is 3.49. The molecule has 11 heavy (non-hydrogen) atoms. The highest BCUT2D eigenvalue weighted by Gasteiger charge is 2.37. The van der Waals surface area contributed by atoms with Crippen LogP contribution in [0.3, 0.4) is 0 Å². The molecule has 2 unspecified atom stereocenters. The van der Waals surface area contributed by atoms with Crippen molar-refractivity contribution in [2.75, 3.05) is 13.1 Å². The highest BCUT2D eigenvalue weighted by Crippen LogP contribution is 2.28. The lowest BCUT2D eigenvalue weighted by molar-refractivity contribution is 0.116. The second-order valence-electron chi connectivity index (χ2n) is 4.08. The zero-order valence-electron chi connectivity index (χ0n) is 7.51. The molecule has 0 amide bonds. The van der Waals surface area contributed by atoms with Crippen molar-refractivity contribution < 1.29 is 0 Å². The summed E-state index contributed by atoms with van der Waals surface area (Å²) in [7, 11) is 0. The lowest BCUT2D eigenvalue weighted by Crippen LogP contribution is -2.54. The standard InChI is InChI=1S/C9H18N2/c1-7(2)11-8-3-4-9(11)6-10-5-8/h7-10H,3-6H2,1-2H3. The third-order valence-corrected chi connectivity index (χ3v) is 3.03. The zero-order chi connectivity index (χ0) is 7.84. The molecule has 0 aromatic heterocycles. The van der Waals surface area contributed by atoms with Crippen LogP contribution in [0.15, 0.2) is 0 Å². The third kappa shape index (κ3) is 1.18. The van der Waals surface area contributed by atoms with E-state index in [0.29, 0.717) is 0 Å². The van der Waals surface area contributed by atoms with Gasteiger partial charge in [-0.3, -0.25) is 4.90 Å². The topological polar surface area (TPSA) is 15.3 Å². The summed E-state index contributed by atoms with van der Waals surface area (Å²) in [5.41, 5.74) is 0. The van der Waals surface area contributed by atoms with Gasteiger partial charge in [0.25, 0.3) is 0 Å². The van der Waals surface area contributed by atoms with Crippen molar-refractivity contribution in [3.63, 3.8) is 0 Å². The van der Waals surface area contributed by atoms with E-state index in [9.17, 15) is 0 Å². The minimum absolute atomic E-state index is 0.745. The molecule has 2 bridgehead atoms. The highest BCUT2D eigenvalue weighted by atomic mass is 15.3. The van der Waals surface area contributed by atoms with Crippen LogP contribution in [0, 0.1) is 0 Å². The molecule has 0 aromatic rings. The highest BCUT2D eigenvalue weighted by molar-refractivity contribution is 4.95. The average Bonchev–Trinajstić information content (AvgIpc) is 2.23. The molecule has 0 spiro atoms. The molecule has 0 aromatic carbocycles. The van der Waals surface area contributed by atoms with Gasteiger partial charge in [-0.25, -0.2) is 0 Å². The van der Waals surface area contributed by atoms with Gasteiger partial charge in [-0.15, -0.1) is 0 Å². The molecule has 2 fully saturated rings. The first kappa shape index (κ1) is 7.56. The molecular formula is C9H18N2. The van der Waals surface area contributed by atoms with Crippen LogP contribution in [-0.2, 0) is 0 Å². The van der Waals surface area contributed by atoms with Gasteiger partial charge in [-0.05, 0) is 26.7 Å².